The molecule has 0 aromatic carbocycles. The molecule has 138 valence electrons. The zero-order valence-corrected chi connectivity index (χ0v) is 15.9. The zero-order chi connectivity index (χ0) is 18.0. The SMILES string of the molecule is CCC(C)CCO[C@@H]1OC(=O)[C@]23C[C@@H]4CC(C)(C)CC4=C(C=O)[C@]12C3. The molecule has 3 aliphatic carbocycles. The number of esters is 1. The van der Waals surface area contributed by atoms with Crippen LogP contribution in [0.15, 0.2) is 11.1 Å². The van der Waals surface area contributed by atoms with Gasteiger partial charge in [0, 0.05) is 5.57 Å². The highest BCUT2D eigenvalue weighted by Gasteiger charge is 2.85. The molecule has 2 saturated carbocycles. The summed E-state index contributed by atoms with van der Waals surface area (Å²) in [6.45, 7) is 9.48. The first kappa shape index (κ1) is 17.3. The van der Waals surface area contributed by atoms with Crippen LogP contribution in [0.4, 0.5) is 0 Å². The maximum Gasteiger partial charge on any atom is 0.315 e. The van der Waals surface area contributed by atoms with Crippen molar-refractivity contribution in [2.45, 2.75) is 72.5 Å². The topological polar surface area (TPSA) is 52.6 Å². The number of allylic oxidation sites excluding steroid dienone is 1. The highest BCUT2D eigenvalue weighted by molar-refractivity contribution is 5.93. The largest absolute Gasteiger partial charge is 0.434 e. The molecule has 4 aliphatic rings. The van der Waals surface area contributed by atoms with Crippen molar-refractivity contribution in [1.29, 1.82) is 0 Å². The Hall–Kier alpha value is -1.16. The van der Waals surface area contributed by atoms with E-state index in [1.54, 1.807) is 0 Å². The molecule has 0 bridgehead atoms. The highest BCUT2D eigenvalue weighted by Crippen LogP contribution is 2.80. The molecule has 4 nitrogen and oxygen atoms in total. The average Bonchev–Trinajstić information content (AvgIpc) is 3.06. The van der Waals surface area contributed by atoms with Crippen LogP contribution < -0.4 is 0 Å². The van der Waals surface area contributed by atoms with E-state index in [0.717, 1.165) is 50.4 Å². The van der Waals surface area contributed by atoms with Crippen molar-refractivity contribution in [2.75, 3.05) is 6.61 Å². The van der Waals surface area contributed by atoms with Crippen molar-refractivity contribution in [3.8, 4) is 0 Å². The first-order valence-electron chi connectivity index (χ1n) is 9.81. The minimum atomic E-state index is -0.568. The van der Waals surface area contributed by atoms with Gasteiger partial charge in [0.1, 0.15) is 6.29 Å². The van der Waals surface area contributed by atoms with Gasteiger partial charge in [0.05, 0.1) is 17.4 Å². The number of ether oxygens (including phenoxy) is 2. The van der Waals surface area contributed by atoms with E-state index in [1.807, 2.05) is 0 Å². The summed E-state index contributed by atoms with van der Waals surface area (Å²) in [6, 6.07) is 0. The fourth-order valence-electron chi connectivity index (χ4n) is 5.80. The number of carbonyl (C=O) groups excluding carboxylic acids is 2. The normalized spacial score (nSPS) is 41.7. The molecule has 4 rings (SSSR count). The van der Waals surface area contributed by atoms with E-state index < -0.39 is 17.1 Å². The average molecular weight is 346 g/mol. The molecule has 1 aliphatic heterocycles. The van der Waals surface area contributed by atoms with Crippen molar-refractivity contribution in [2.24, 2.45) is 28.1 Å². The van der Waals surface area contributed by atoms with Crippen LogP contribution in [0.5, 0.6) is 0 Å². The lowest BCUT2D eigenvalue weighted by atomic mass is 9.72. The fourth-order valence-corrected chi connectivity index (χ4v) is 5.80. The van der Waals surface area contributed by atoms with Gasteiger partial charge in [-0.1, -0.05) is 39.7 Å². The maximum absolute atomic E-state index is 12.7. The van der Waals surface area contributed by atoms with Crippen molar-refractivity contribution in [1.82, 2.24) is 0 Å². The molecule has 1 unspecified atom stereocenters. The maximum atomic E-state index is 12.7. The van der Waals surface area contributed by atoms with Crippen LogP contribution in [-0.2, 0) is 19.1 Å². The van der Waals surface area contributed by atoms with Crippen molar-refractivity contribution >= 4 is 12.3 Å². The molecule has 0 aromatic heterocycles. The summed E-state index contributed by atoms with van der Waals surface area (Å²) in [5.41, 5.74) is 1.35. The van der Waals surface area contributed by atoms with E-state index in [9.17, 15) is 9.59 Å². The van der Waals surface area contributed by atoms with Gasteiger partial charge < -0.3 is 9.47 Å². The predicted molar refractivity (Wildman–Crippen MR) is 93.6 cm³/mol. The molecular formula is C21H30O4. The van der Waals surface area contributed by atoms with E-state index in [1.165, 1.54) is 5.57 Å². The van der Waals surface area contributed by atoms with Crippen LogP contribution in [-0.4, -0.2) is 25.2 Å². The monoisotopic (exact) mass is 346 g/mol. The third kappa shape index (κ3) is 2.22. The Morgan fingerprint density at radius 2 is 2.12 bits per heavy atom. The van der Waals surface area contributed by atoms with Gasteiger partial charge in [-0.15, -0.1) is 0 Å². The number of cyclic esters (lactones) is 1. The quantitative estimate of drug-likeness (QED) is 0.538. The van der Waals surface area contributed by atoms with Gasteiger partial charge in [-0.05, 0) is 49.4 Å². The van der Waals surface area contributed by atoms with Crippen LogP contribution in [0.25, 0.3) is 0 Å². The van der Waals surface area contributed by atoms with Gasteiger partial charge >= 0.3 is 5.97 Å². The third-order valence-electron chi connectivity index (χ3n) is 7.39. The second kappa shape index (κ2) is 5.42. The van der Waals surface area contributed by atoms with Crippen LogP contribution in [0.2, 0.25) is 0 Å². The highest BCUT2D eigenvalue weighted by atomic mass is 16.7. The van der Waals surface area contributed by atoms with Crippen LogP contribution >= 0.6 is 0 Å². The lowest BCUT2D eigenvalue weighted by molar-refractivity contribution is -0.177. The van der Waals surface area contributed by atoms with Crippen LogP contribution in [0, 0.1) is 28.1 Å². The van der Waals surface area contributed by atoms with E-state index in [4.69, 9.17) is 9.47 Å². The van der Waals surface area contributed by atoms with Gasteiger partial charge in [-0.25, -0.2) is 0 Å². The van der Waals surface area contributed by atoms with Crippen molar-refractivity contribution < 1.29 is 19.1 Å². The lowest BCUT2D eigenvalue weighted by Gasteiger charge is -2.30. The summed E-state index contributed by atoms with van der Waals surface area (Å²) in [5, 5.41) is 0. The van der Waals surface area contributed by atoms with Crippen LogP contribution in [0.3, 0.4) is 0 Å². The summed E-state index contributed by atoms with van der Waals surface area (Å²) < 4.78 is 11.7. The van der Waals surface area contributed by atoms with E-state index in [-0.39, 0.29) is 11.4 Å². The predicted octanol–water partition coefficient (Wildman–Crippen LogP) is 4.03. The Bertz CT molecular complexity index is 648. The Kier molecular flexibility index (Phi) is 3.74. The number of fused-ring (bicyclic) bond motifs is 1. The van der Waals surface area contributed by atoms with Crippen molar-refractivity contribution in [3.63, 3.8) is 0 Å². The molecule has 3 fully saturated rings. The van der Waals surface area contributed by atoms with E-state index in [2.05, 4.69) is 27.7 Å². The molecule has 25 heavy (non-hydrogen) atoms. The zero-order valence-electron chi connectivity index (χ0n) is 15.9. The Balaban J connectivity index is 1.63. The molecule has 0 N–H and O–H groups in total. The first-order valence-corrected chi connectivity index (χ1v) is 9.81. The summed E-state index contributed by atoms with van der Waals surface area (Å²) in [7, 11) is 0. The fraction of sp³-hybridized carbons (Fsp3) is 0.810. The van der Waals surface area contributed by atoms with Crippen molar-refractivity contribution in [3.05, 3.63) is 11.1 Å². The molecule has 0 amide bonds. The number of hydrogen-bond acceptors (Lipinski definition) is 4. The van der Waals surface area contributed by atoms with Gasteiger partial charge in [0.25, 0.3) is 0 Å². The molecule has 1 saturated heterocycles. The summed E-state index contributed by atoms with van der Waals surface area (Å²) in [6.07, 6.45) is 6.11. The Labute approximate surface area is 150 Å². The Morgan fingerprint density at radius 3 is 2.80 bits per heavy atom. The molecule has 0 aromatic rings. The number of rotatable bonds is 6. The standard InChI is InChI=1S/C21H30O4/c1-5-13(2)6-7-24-18-21-12-20(21,17(23)25-18)9-14-8-19(3,4)10-15(14)16(21)11-22/h11,13-14,18H,5-10,12H2,1-4H3/t13?,14-,18+,20+,21+/m0/s1. The second-order valence-corrected chi connectivity index (χ2v) is 9.64. The minimum Gasteiger partial charge on any atom is -0.434 e. The van der Waals surface area contributed by atoms with Gasteiger partial charge in [-0.2, -0.15) is 0 Å². The molecule has 5 atom stereocenters. The van der Waals surface area contributed by atoms with E-state index in [0.29, 0.717) is 18.4 Å². The summed E-state index contributed by atoms with van der Waals surface area (Å²) in [4.78, 5) is 24.8. The van der Waals surface area contributed by atoms with E-state index >= 15 is 0 Å². The Morgan fingerprint density at radius 1 is 1.36 bits per heavy atom. The molecule has 4 heteroatoms. The summed E-state index contributed by atoms with van der Waals surface area (Å²) in [5.74, 6) is 0.815. The molecule has 1 heterocycles. The number of aldehydes is 1. The lowest BCUT2D eigenvalue weighted by Crippen LogP contribution is -2.33. The molecular weight excluding hydrogens is 316 g/mol. The first-order chi connectivity index (χ1) is 11.8. The summed E-state index contributed by atoms with van der Waals surface area (Å²) >= 11 is 0. The molecule has 0 radical (unpaired) electrons. The third-order valence-corrected chi connectivity index (χ3v) is 7.39. The smallest absolute Gasteiger partial charge is 0.315 e. The van der Waals surface area contributed by atoms with Gasteiger partial charge in [-0.3, -0.25) is 9.59 Å². The minimum absolute atomic E-state index is 0.135. The number of hydrogen-bond donors (Lipinski definition) is 0. The molecule has 0 spiro atoms. The second-order valence-electron chi connectivity index (χ2n) is 9.64. The number of carbonyl (C=O) groups is 2. The van der Waals surface area contributed by atoms with Gasteiger partial charge in [0.2, 0.25) is 6.29 Å². The van der Waals surface area contributed by atoms with Gasteiger partial charge in [0.15, 0.2) is 0 Å². The van der Waals surface area contributed by atoms with Crippen LogP contribution in [0.1, 0.15) is 66.2 Å².